The highest BCUT2D eigenvalue weighted by Crippen LogP contribution is 2.20. The minimum atomic E-state index is -4.00. The molecule has 2 aromatic carbocycles. The number of amides is 1. The molecule has 144 valence electrons. The van der Waals surface area contributed by atoms with E-state index in [1.54, 1.807) is 0 Å². The summed E-state index contributed by atoms with van der Waals surface area (Å²) in [4.78, 5) is 19.9. The topological polar surface area (TPSA) is 109 Å². The van der Waals surface area contributed by atoms with Crippen LogP contribution in [-0.2, 0) is 15.6 Å². The lowest BCUT2D eigenvalue weighted by molar-refractivity contribution is 0.102. The van der Waals surface area contributed by atoms with Gasteiger partial charge in [0.15, 0.2) is 5.69 Å². The number of carbonyl (C=O) groups excluding carboxylic acids is 1. The number of anilines is 1. The molecule has 7 nitrogen and oxygen atoms in total. The number of phenolic OH excluding ortho intramolecular Hbond substituents is 1. The maximum atomic E-state index is 13.0. The molecule has 1 aromatic heterocycles. The van der Waals surface area contributed by atoms with Gasteiger partial charge in [0.1, 0.15) is 11.6 Å². The Balaban J connectivity index is 1.87. The third-order valence-corrected chi connectivity index (χ3v) is 5.33. The molecule has 0 aliphatic heterocycles. The third-order valence-electron chi connectivity index (χ3n) is 3.59. The van der Waals surface area contributed by atoms with Gasteiger partial charge in [0.2, 0.25) is 15.0 Å². The summed E-state index contributed by atoms with van der Waals surface area (Å²) in [5, 5.41) is 11.2. The minimum absolute atomic E-state index is 0.0610. The highest BCUT2D eigenvalue weighted by Gasteiger charge is 2.23. The van der Waals surface area contributed by atoms with Crippen LogP contribution in [0.2, 0.25) is 5.02 Å². The molecule has 1 heterocycles. The number of carbonyl (C=O) groups is 1. The lowest BCUT2D eigenvalue weighted by Gasteiger charge is -2.08. The third kappa shape index (κ3) is 4.62. The molecule has 1 amide bonds. The number of hydrogen-bond donors (Lipinski definition) is 2. The van der Waals surface area contributed by atoms with Gasteiger partial charge in [-0.05, 0) is 29.8 Å². The van der Waals surface area contributed by atoms with Crippen molar-refractivity contribution in [1.82, 2.24) is 9.97 Å². The summed E-state index contributed by atoms with van der Waals surface area (Å²) in [5.74, 6) is -1.79. The van der Waals surface area contributed by atoms with Gasteiger partial charge in [-0.1, -0.05) is 29.8 Å². The van der Waals surface area contributed by atoms with Crippen molar-refractivity contribution in [2.75, 3.05) is 5.32 Å². The first-order chi connectivity index (χ1) is 13.2. The van der Waals surface area contributed by atoms with E-state index in [9.17, 15) is 22.7 Å². The number of hydrogen-bond acceptors (Lipinski definition) is 6. The molecule has 28 heavy (non-hydrogen) atoms. The SMILES string of the molecule is O=C(Nc1cccc(O)c1)c1nc(S(=O)(=O)Cc2ccc(F)cc2)ncc1Cl. The van der Waals surface area contributed by atoms with E-state index in [4.69, 9.17) is 11.6 Å². The predicted octanol–water partition coefficient (Wildman–Crippen LogP) is 3.20. The summed E-state index contributed by atoms with van der Waals surface area (Å²) in [7, 11) is -4.00. The van der Waals surface area contributed by atoms with Crippen LogP contribution in [0.4, 0.5) is 10.1 Å². The molecule has 0 aliphatic rings. The number of sulfone groups is 1. The molecule has 3 aromatic rings. The Bertz CT molecular complexity index is 1140. The molecule has 0 unspecified atom stereocenters. The number of nitrogens with zero attached hydrogens (tertiary/aromatic N) is 2. The summed E-state index contributed by atoms with van der Waals surface area (Å²) in [5.41, 5.74) is 0.277. The summed E-state index contributed by atoms with van der Waals surface area (Å²) >= 11 is 5.94. The lowest BCUT2D eigenvalue weighted by atomic mass is 10.2. The van der Waals surface area contributed by atoms with E-state index in [-0.39, 0.29) is 22.2 Å². The average molecular weight is 422 g/mol. The van der Waals surface area contributed by atoms with Crippen LogP contribution in [0.25, 0.3) is 0 Å². The summed E-state index contributed by atoms with van der Waals surface area (Å²) in [6.07, 6.45) is 1.02. The average Bonchev–Trinajstić information content (AvgIpc) is 2.63. The fourth-order valence-electron chi connectivity index (χ4n) is 2.30. The normalized spacial score (nSPS) is 11.2. The van der Waals surface area contributed by atoms with Crippen LogP contribution >= 0.6 is 11.6 Å². The minimum Gasteiger partial charge on any atom is -0.508 e. The molecule has 0 saturated carbocycles. The number of aromatic nitrogens is 2. The van der Waals surface area contributed by atoms with Crippen LogP contribution in [0.1, 0.15) is 16.1 Å². The maximum Gasteiger partial charge on any atom is 0.275 e. The number of phenols is 1. The van der Waals surface area contributed by atoms with E-state index >= 15 is 0 Å². The Labute approximate surface area is 164 Å². The summed E-state index contributed by atoms with van der Waals surface area (Å²) in [6, 6.07) is 10.7. The fourth-order valence-corrected chi connectivity index (χ4v) is 3.68. The van der Waals surface area contributed by atoms with Gasteiger partial charge in [-0.25, -0.2) is 22.8 Å². The molecule has 0 radical (unpaired) electrons. The van der Waals surface area contributed by atoms with Crippen LogP contribution in [-0.4, -0.2) is 29.4 Å². The van der Waals surface area contributed by atoms with E-state index < -0.39 is 32.5 Å². The first kappa shape index (κ1) is 19.7. The smallest absolute Gasteiger partial charge is 0.275 e. The second kappa shape index (κ2) is 7.91. The predicted molar refractivity (Wildman–Crippen MR) is 100 cm³/mol. The number of nitrogens with one attached hydrogen (secondary N) is 1. The fraction of sp³-hybridized carbons (Fsp3) is 0.0556. The van der Waals surface area contributed by atoms with Gasteiger partial charge >= 0.3 is 0 Å². The van der Waals surface area contributed by atoms with Crippen molar-refractivity contribution < 1.29 is 22.7 Å². The van der Waals surface area contributed by atoms with Gasteiger partial charge in [0.05, 0.1) is 17.0 Å². The van der Waals surface area contributed by atoms with Crippen molar-refractivity contribution in [1.29, 1.82) is 0 Å². The monoisotopic (exact) mass is 421 g/mol. The first-order valence-corrected chi connectivity index (χ1v) is 9.88. The highest BCUT2D eigenvalue weighted by atomic mass is 35.5. The molecule has 0 bridgehead atoms. The molecule has 0 aliphatic carbocycles. The second-order valence-corrected chi connectivity index (χ2v) is 8.03. The van der Waals surface area contributed by atoms with Gasteiger partial charge in [-0.15, -0.1) is 0 Å². The molecular formula is C18H13ClFN3O4S. The number of aromatic hydroxyl groups is 1. The van der Waals surface area contributed by atoms with Gasteiger partial charge in [-0.2, -0.15) is 0 Å². The van der Waals surface area contributed by atoms with Gasteiger partial charge in [-0.3, -0.25) is 4.79 Å². The molecule has 0 saturated heterocycles. The molecule has 0 spiro atoms. The Morgan fingerprint density at radius 3 is 2.57 bits per heavy atom. The summed E-state index contributed by atoms with van der Waals surface area (Å²) < 4.78 is 38.1. The zero-order chi connectivity index (χ0) is 20.3. The quantitative estimate of drug-likeness (QED) is 0.612. The van der Waals surface area contributed by atoms with Crippen molar-refractivity contribution in [3.8, 4) is 5.75 Å². The van der Waals surface area contributed by atoms with Gasteiger partial charge in [0.25, 0.3) is 5.91 Å². The van der Waals surface area contributed by atoms with E-state index in [0.717, 1.165) is 18.3 Å². The molecule has 0 atom stereocenters. The summed E-state index contributed by atoms with van der Waals surface area (Å²) in [6.45, 7) is 0. The van der Waals surface area contributed by atoms with Crippen LogP contribution in [0.15, 0.2) is 59.9 Å². The molecule has 0 fully saturated rings. The van der Waals surface area contributed by atoms with Crippen molar-refractivity contribution >= 4 is 33.0 Å². The van der Waals surface area contributed by atoms with Crippen molar-refractivity contribution in [3.63, 3.8) is 0 Å². The number of benzene rings is 2. The second-order valence-electron chi connectivity index (χ2n) is 5.74. The Kier molecular flexibility index (Phi) is 5.57. The van der Waals surface area contributed by atoms with Gasteiger partial charge < -0.3 is 10.4 Å². The molecule has 10 heteroatoms. The Morgan fingerprint density at radius 2 is 1.89 bits per heavy atom. The highest BCUT2D eigenvalue weighted by molar-refractivity contribution is 7.90. The van der Waals surface area contributed by atoms with E-state index in [2.05, 4.69) is 15.3 Å². The van der Waals surface area contributed by atoms with Crippen molar-refractivity contribution in [2.45, 2.75) is 10.9 Å². The van der Waals surface area contributed by atoms with Crippen LogP contribution in [0.5, 0.6) is 5.75 Å². The van der Waals surface area contributed by atoms with Crippen LogP contribution in [0, 0.1) is 5.82 Å². The largest absolute Gasteiger partial charge is 0.508 e. The molecular weight excluding hydrogens is 409 g/mol. The molecule has 3 rings (SSSR count). The lowest BCUT2D eigenvalue weighted by Crippen LogP contribution is -2.18. The van der Waals surface area contributed by atoms with Crippen LogP contribution in [0.3, 0.4) is 0 Å². The Hall–Kier alpha value is -3.04. The zero-order valence-electron chi connectivity index (χ0n) is 14.1. The standard InChI is InChI=1S/C18H13ClFN3O4S/c19-15-9-21-18(28(26,27)10-11-4-6-12(20)7-5-11)23-16(15)17(25)22-13-2-1-3-14(24)8-13/h1-9,24H,10H2,(H,22,25). The van der Waals surface area contributed by atoms with Crippen molar-refractivity contribution in [3.05, 3.63) is 76.8 Å². The number of halogens is 2. The van der Waals surface area contributed by atoms with E-state index in [1.807, 2.05) is 0 Å². The van der Waals surface area contributed by atoms with Crippen molar-refractivity contribution in [2.24, 2.45) is 0 Å². The number of rotatable bonds is 5. The zero-order valence-corrected chi connectivity index (χ0v) is 15.7. The van der Waals surface area contributed by atoms with E-state index in [1.165, 1.54) is 36.4 Å². The van der Waals surface area contributed by atoms with Gasteiger partial charge in [0, 0.05) is 11.8 Å². The maximum absolute atomic E-state index is 13.0. The molecule has 2 N–H and O–H groups in total. The first-order valence-electron chi connectivity index (χ1n) is 7.85. The van der Waals surface area contributed by atoms with Crippen LogP contribution < -0.4 is 5.32 Å². The van der Waals surface area contributed by atoms with E-state index in [0.29, 0.717) is 5.56 Å². The Morgan fingerprint density at radius 1 is 1.18 bits per heavy atom.